The van der Waals surface area contributed by atoms with Gasteiger partial charge in [0.05, 0.1) is 23.4 Å². The van der Waals surface area contributed by atoms with E-state index in [0.29, 0.717) is 0 Å². The van der Waals surface area contributed by atoms with Gasteiger partial charge in [0.1, 0.15) is 5.76 Å². The molecule has 0 aromatic carbocycles. The number of furan rings is 1. The van der Waals surface area contributed by atoms with Crippen molar-refractivity contribution >= 4 is 29.5 Å². The Labute approximate surface area is 114 Å². The summed E-state index contributed by atoms with van der Waals surface area (Å²) in [6.07, 6.45) is 6.76. The van der Waals surface area contributed by atoms with Crippen LogP contribution in [0.4, 0.5) is 0 Å². The fourth-order valence-electron chi connectivity index (χ4n) is 1.37. The van der Waals surface area contributed by atoms with E-state index in [1.165, 1.54) is 17.6 Å². The SMILES string of the molecule is Cc1nc(CC(=O)NN=CC=Cc2ccco2)cs1. The van der Waals surface area contributed by atoms with E-state index in [-0.39, 0.29) is 12.3 Å². The van der Waals surface area contributed by atoms with E-state index >= 15 is 0 Å². The molecule has 1 amide bonds. The van der Waals surface area contributed by atoms with Crippen LogP contribution in [0.2, 0.25) is 0 Å². The lowest BCUT2D eigenvalue weighted by Crippen LogP contribution is -2.19. The summed E-state index contributed by atoms with van der Waals surface area (Å²) >= 11 is 1.53. The van der Waals surface area contributed by atoms with E-state index in [9.17, 15) is 4.79 Å². The monoisotopic (exact) mass is 275 g/mol. The number of nitrogens with zero attached hydrogens (tertiary/aromatic N) is 2. The highest BCUT2D eigenvalue weighted by Crippen LogP contribution is 2.08. The zero-order valence-corrected chi connectivity index (χ0v) is 11.2. The lowest BCUT2D eigenvalue weighted by molar-refractivity contribution is -0.120. The van der Waals surface area contributed by atoms with Gasteiger partial charge < -0.3 is 4.42 Å². The Morgan fingerprint density at radius 2 is 2.53 bits per heavy atom. The summed E-state index contributed by atoms with van der Waals surface area (Å²) in [4.78, 5) is 15.7. The summed E-state index contributed by atoms with van der Waals surface area (Å²) in [5.41, 5.74) is 3.20. The largest absolute Gasteiger partial charge is 0.465 e. The molecule has 1 N–H and O–H groups in total. The summed E-state index contributed by atoms with van der Waals surface area (Å²) in [5, 5.41) is 6.62. The Morgan fingerprint density at radius 3 is 3.21 bits per heavy atom. The van der Waals surface area contributed by atoms with Gasteiger partial charge in [0.25, 0.3) is 0 Å². The fraction of sp³-hybridized carbons (Fsp3) is 0.154. The minimum Gasteiger partial charge on any atom is -0.465 e. The molecule has 98 valence electrons. The van der Waals surface area contributed by atoms with Gasteiger partial charge in [-0.25, -0.2) is 10.4 Å². The second-order valence-electron chi connectivity index (χ2n) is 3.72. The molecule has 0 bridgehead atoms. The highest BCUT2D eigenvalue weighted by atomic mass is 32.1. The van der Waals surface area contributed by atoms with Gasteiger partial charge in [-0.2, -0.15) is 5.10 Å². The molecule has 5 nitrogen and oxygen atoms in total. The van der Waals surface area contributed by atoms with Crippen molar-refractivity contribution in [2.75, 3.05) is 0 Å². The summed E-state index contributed by atoms with van der Waals surface area (Å²) in [7, 11) is 0. The van der Waals surface area contributed by atoms with E-state index in [4.69, 9.17) is 4.42 Å². The van der Waals surface area contributed by atoms with Crippen LogP contribution in [0.3, 0.4) is 0 Å². The number of nitrogens with one attached hydrogen (secondary N) is 1. The van der Waals surface area contributed by atoms with Gasteiger partial charge in [-0.05, 0) is 31.2 Å². The van der Waals surface area contributed by atoms with Crippen LogP contribution in [0, 0.1) is 6.92 Å². The van der Waals surface area contributed by atoms with E-state index < -0.39 is 0 Å². The Morgan fingerprint density at radius 1 is 1.63 bits per heavy atom. The quantitative estimate of drug-likeness (QED) is 0.673. The molecule has 0 saturated carbocycles. The fourth-order valence-corrected chi connectivity index (χ4v) is 1.98. The normalized spacial score (nSPS) is 11.4. The number of aromatic nitrogens is 1. The summed E-state index contributed by atoms with van der Waals surface area (Å²) in [6.45, 7) is 1.91. The van der Waals surface area contributed by atoms with E-state index in [1.807, 2.05) is 18.4 Å². The minimum atomic E-state index is -0.187. The van der Waals surface area contributed by atoms with Crippen LogP contribution in [0.5, 0.6) is 0 Å². The van der Waals surface area contributed by atoms with Crippen molar-refractivity contribution in [3.05, 3.63) is 46.3 Å². The maximum atomic E-state index is 11.5. The molecule has 2 aromatic rings. The first-order valence-electron chi connectivity index (χ1n) is 5.67. The molecule has 0 fully saturated rings. The molecule has 19 heavy (non-hydrogen) atoms. The lowest BCUT2D eigenvalue weighted by Gasteiger charge is -1.95. The van der Waals surface area contributed by atoms with Crippen LogP contribution in [-0.2, 0) is 11.2 Å². The number of hydrazone groups is 1. The standard InChI is InChI=1S/C13H13N3O2S/c1-10-15-11(9-19-10)8-13(17)16-14-6-2-4-12-5-3-7-18-12/h2-7,9H,8H2,1H3,(H,16,17). The van der Waals surface area contributed by atoms with Crippen LogP contribution in [-0.4, -0.2) is 17.1 Å². The second kappa shape index (κ2) is 6.65. The highest BCUT2D eigenvalue weighted by Gasteiger charge is 2.04. The van der Waals surface area contributed by atoms with Crippen LogP contribution in [0.25, 0.3) is 6.08 Å². The maximum absolute atomic E-state index is 11.5. The van der Waals surface area contributed by atoms with E-state index in [0.717, 1.165) is 16.5 Å². The number of allylic oxidation sites excluding steroid dienone is 1. The average molecular weight is 275 g/mol. The van der Waals surface area contributed by atoms with Gasteiger partial charge in [0, 0.05) is 11.6 Å². The molecule has 6 heteroatoms. The number of rotatable bonds is 5. The zero-order valence-electron chi connectivity index (χ0n) is 10.4. The van der Waals surface area contributed by atoms with E-state index in [2.05, 4.69) is 15.5 Å². The molecule has 0 atom stereocenters. The Bertz CT molecular complexity index is 585. The number of hydrogen-bond donors (Lipinski definition) is 1. The third-order valence-corrected chi connectivity index (χ3v) is 2.98. The van der Waals surface area contributed by atoms with Gasteiger partial charge in [0.2, 0.25) is 5.91 Å². The number of carbonyl (C=O) groups is 1. The van der Waals surface area contributed by atoms with E-state index in [1.54, 1.807) is 24.5 Å². The predicted molar refractivity (Wildman–Crippen MR) is 74.9 cm³/mol. The predicted octanol–water partition coefficient (Wildman–Crippen LogP) is 2.40. The van der Waals surface area contributed by atoms with Gasteiger partial charge in [-0.3, -0.25) is 4.79 Å². The first kappa shape index (κ1) is 13.2. The number of aryl methyl sites for hydroxylation is 1. The molecular weight excluding hydrogens is 262 g/mol. The van der Waals surface area contributed by atoms with Gasteiger partial charge in [0.15, 0.2) is 0 Å². The first-order chi connectivity index (χ1) is 9.24. The lowest BCUT2D eigenvalue weighted by atomic mass is 10.3. The summed E-state index contributed by atoms with van der Waals surface area (Å²) < 4.78 is 5.10. The van der Waals surface area contributed by atoms with Gasteiger partial charge >= 0.3 is 0 Å². The van der Waals surface area contributed by atoms with Crippen molar-refractivity contribution in [3.63, 3.8) is 0 Å². The number of thiazole rings is 1. The number of carbonyl (C=O) groups excluding carboxylic acids is 1. The van der Waals surface area contributed by atoms with Crippen molar-refractivity contribution in [1.82, 2.24) is 10.4 Å². The Kier molecular flexibility index (Phi) is 4.63. The summed E-state index contributed by atoms with van der Waals surface area (Å²) in [6, 6.07) is 3.63. The highest BCUT2D eigenvalue weighted by molar-refractivity contribution is 7.09. The van der Waals surface area contributed by atoms with Crippen LogP contribution >= 0.6 is 11.3 Å². The minimum absolute atomic E-state index is 0.187. The van der Waals surface area contributed by atoms with Crippen molar-refractivity contribution in [3.8, 4) is 0 Å². The smallest absolute Gasteiger partial charge is 0.246 e. The zero-order chi connectivity index (χ0) is 13.5. The Hall–Kier alpha value is -2.21. The molecule has 0 aliphatic carbocycles. The topological polar surface area (TPSA) is 67.5 Å². The average Bonchev–Trinajstić information content (AvgIpc) is 3.01. The van der Waals surface area contributed by atoms with Crippen molar-refractivity contribution in [2.45, 2.75) is 13.3 Å². The van der Waals surface area contributed by atoms with Gasteiger partial charge in [-0.1, -0.05) is 0 Å². The third-order valence-electron chi connectivity index (χ3n) is 2.16. The van der Waals surface area contributed by atoms with Crippen LogP contribution < -0.4 is 5.43 Å². The molecule has 0 radical (unpaired) electrons. The molecule has 0 spiro atoms. The Balaban J connectivity index is 1.74. The van der Waals surface area contributed by atoms with Crippen molar-refractivity contribution in [1.29, 1.82) is 0 Å². The molecule has 2 rings (SSSR count). The molecular formula is C13H13N3O2S. The maximum Gasteiger partial charge on any atom is 0.246 e. The van der Waals surface area contributed by atoms with Crippen molar-refractivity contribution in [2.24, 2.45) is 5.10 Å². The van der Waals surface area contributed by atoms with Crippen LogP contribution in [0.15, 0.2) is 39.4 Å². The summed E-state index contributed by atoms with van der Waals surface area (Å²) in [5.74, 6) is 0.545. The van der Waals surface area contributed by atoms with Crippen LogP contribution in [0.1, 0.15) is 16.5 Å². The number of amides is 1. The molecule has 0 unspecified atom stereocenters. The van der Waals surface area contributed by atoms with Gasteiger partial charge in [-0.15, -0.1) is 11.3 Å². The first-order valence-corrected chi connectivity index (χ1v) is 6.55. The molecule has 2 aromatic heterocycles. The molecule has 0 saturated heterocycles. The van der Waals surface area contributed by atoms with Crippen molar-refractivity contribution < 1.29 is 9.21 Å². The molecule has 2 heterocycles. The molecule has 0 aliphatic heterocycles. The number of hydrogen-bond acceptors (Lipinski definition) is 5. The molecule has 0 aliphatic rings. The third kappa shape index (κ3) is 4.51. The second-order valence-corrected chi connectivity index (χ2v) is 4.78.